The number of benzene rings is 2. The molecule has 28 heavy (non-hydrogen) atoms. The third kappa shape index (κ3) is 6.01. The Labute approximate surface area is 166 Å². The number of nitrogens with zero attached hydrogens (tertiary/aromatic N) is 1. The Morgan fingerprint density at radius 2 is 1.61 bits per heavy atom. The minimum absolute atomic E-state index is 0.0889. The van der Waals surface area contributed by atoms with Crippen molar-refractivity contribution in [3.8, 4) is 11.5 Å². The summed E-state index contributed by atoms with van der Waals surface area (Å²) in [6, 6.07) is 11.4. The van der Waals surface area contributed by atoms with Gasteiger partial charge in [0.1, 0.15) is 0 Å². The fourth-order valence-electron chi connectivity index (χ4n) is 3.05. The van der Waals surface area contributed by atoms with E-state index in [-0.39, 0.29) is 18.2 Å². The SMILES string of the molecule is COc1ccc(CN(CCC(=O)Nc2cc(C)cc(C)c2)C(C)=O)cc1OC. The predicted molar refractivity (Wildman–Crippen MR) is 110 cm³/mol. The summed E-state index contributed by atoms with van der Waals surface area (Å²) in [6.07, 6.45) is 0.222. The van der Waals surface area contributed by atoms with Crippen molar-refractivity contribution in [1.29, 1.82) is 0 Å². The highest BCUT2D eigenvalue weighted by molar-refractivity contribution is 5.91. The second kappa shape index (κ2) is 9.78. The van der Waals surface area contributed by atoms with E-state index in [1.165, 1.54) is 6.92 Å². The zero-order valence-electron chi connectivity index (χ0n) is 17.2. The van der Waals surface area contributed by atoms with E-state index in [2.05, 4.69) is 11.4 Å². The van der Waals surface area contributed by atoms with Crippen LogP contribution in [0.3, 0.4) is 0 Å². The third-order valence-corrected chi connectivity index (χ3v) is 4.38. The van der Waals surface area contributed by atoms with Crippen LogP contribution in [0.2, 0.25) is 0 Å². The van der Waals surface area contributed by atoms with Gasteiger partial charge in [-0.05, 0) is 54.8 Å². The molecule has 0 heterocycles. The van der Waals surface area contributed by atoms with E-state index in [0.29, 0.717) is 24.6 Å². The molecule has 0 aliphatic rings. The van der Waals surface area contributed by atoms with Gasteiger partial charge in [0.25, 0.3) is 0 Å². The summed E-state index contributed by atoms with van der Waals surface area (Å²) in [4.78, 5) is 26.0. The summed E-state index contributed by atoms with van der Waals surface area (Å²) >= 11 is 0. The highest BCUT2D eigenvalue weighted by Crippen LogP contribution is 2.28. The van der Waals surface area contributed by atoms with Crippen LogP contribution in [0.5, 0.6) is 11.5 Å². The number of anilines is 1. The molecule has 2 amide bonds. The number of methoxy groups -OCH3 is 2. The van der Waals surface area contributed by atoms with Crippen molar-refractivity contribution in [3.63, 3.8) is 0 Å². The minimum atomic E-state index is -0.122. The molecule has 0 saturated carbocycles. The molecule has 2 aromatic rings. The van der Waals surface area contributed by atoms with Gasteiger partial charge in [-0.2, -0.15) is 0 Å². The maximum Gasteiger partial charge on any atom is 0.226 e. The fraction of sp³-hybridized carbons (Fsp3) is 0.364. The average molecular weight is 384 g/mol. The number of rotatable bonds is 8. The van der Waals surface area contributed by atoms with Crippen molar-refractivity contribution in [2.24, 2.45) is 0 Å². The van der Waals surface area contributed by atoms with Gasteiger partial charge in [0, 0.05) is 32.1 Å². The molecular weight excluding hydrogens is 356 g/mol. The van der Waals surface area contributed by atoms with Crippen molar-refractivity contribution >= 4 is 17.5 Å². The van der Waals surface area contributed by atoms with Crippen molar-refractivity contribution in [2.75, 3.05) is 26.1 Å². The maximum atomic E-state index is 12.3. The van der Waals surface area contributed by atoms with Gasteiger partial charge in [-0.3, -0.25) is 9.59 Å². The molecule has 0 fully saturated rings. The summed E-state index contributed by atoms with van der Waals surface area (Å²) in [5.74, 6) is 1.03. The molecule has 1 N–H and O–H groups in total. The van der Waals surface area contributed by atoms with Gasteiger partial charge in [0.15, 0.2) is 11.5 Å². The molecular formula is C22H28N2O4. The van der Waals surface area contributed by atoms with Crippen LogP contribution >= 0.6 is 0 Å². The number of ether oxygens (including phenoxy) is 2. The van der Waals surface area contributed by atoms with Crippen LogP contribution in [0, 0.1) is 13.8 Å². The van der Waals surface area contributed by atoms with Crippen LogP contribution in [0.4, 0.5) is 5.69 Å². The average Bonchev–Trinajstić information content (AvgIpc) is 2.63. The molecule has 2 aromatic carbocycles. The number of hydrogen-bond donors (Lipinski definition) is 1. The van der Waals surface area contributed by atoms with Gasteiger partial charge in [-0.25, -0.2) is 0 Å². The van der Waals surface area contributed by atoms with Crippen LogP contribution in [0.25, 0.3) is 0 Å². The lowest BCUT2D eigenvalue weighted by Gasteiger charge is -2.21. The third-order valence-electron chi connectivity index (χ3n) is 4.38. The molecule has 0 aromatic heterocycles. The molecule has 2 rings (SSSR count). The van der Waals surface area contributed by atoms with E-state index in [1.807, 2.05) is 38.1 Å². The number of carbonyl (C=O) groups is 2. The topological polar surface area (TPSA) is 67.9 Å². The Bertz CT molecular complexity index is 828. The van der Waals surface area contributed by atoms with Crippen LogP contribution in [0.1, 0.15) is 30.0 Å². The molecule has 6 nitrogen and oxygen atoms in total. The van der Waals surface area contributed by atoms with Crippen molar-refractivity contribution in [2.45, 2.75) is 33.7 Å². The number of amides is 2. The van der Waals surface area contributed by atoms with Crippen LogP contribution < -0.4 is 14.8 Å². The molecule has 0 spiro atoms. The Morgan fingerprint density at radius 3 is 2.18 bits per heavy atom. The number of aryl methyl sites for hydroxylation is 2. The van der Waals surface area contributed by atoms with Crippen LogP contribution in [-0.4, -0.2) is 37.5 Å². The zero-order chi connectivity index (χ0) is 20.7. The number of carbonyl (C=O) groups excluding carboxylic acids is 2. The minimum Gasteiger partial charge on any atom is -0.493 e. The van der Waals surface area contributed by atoms with Crippen LogP contribution in [-0.2, 0) is 16.1 Å². The summed E-state index contributed by atoms with van der Waals surface area (Å²) in [7, 11) is 3.15. The highest BCUT2D eigenvalue weighted by atomic mass is 16.5. The van der Waals surface area contributed by atoms with E-state index in [1.54, 1.807) is 25.2 Å². The standard InChI is InChI=1S/C22H28N2O4/c1-15-10-16(2)12-19(11-15)23-22(26)8-9-24(17(3)25)14-18-6-7-20(27-4)21(13-18)28-5/h6-7,10-13H,8-9,14H2,1-5H3,(H,23,26). The number of hydrogen-bond acceptors (Lipinski definition) is 4. The second-order valence-electron chi connectivity index (χ2n) is 6.80. The van der Waals surface area contributed by atoms with Gasteiger partial charge in [0.05, 0.1) is 14.2 Å². The first-order valence-electron chi connectivity index (χ1n) is 9.17. The molecule has 0 radical (unpaired) electrons. The summed E-state index contributed by atoms with van der Waals surface area (Å²) in [5, 5.41) is 2.90. The molecule has 6 heteroatoms. The van der Waals surface area contributed by atoms with Crippen LogP contribution in [0.15, 0.2) is 36.4 Å². The van der Waals surface area contributed by atoms with Gasteiger partial charge in [-0.1, -0.05) is 12.1 Å². The molecule has 0 unspecified atom stereocenters. The lowest BCUT2D eigenvalue weighted by Crippen LogP contribution is -2.31. The highest BCUT2D eigenvalue weighted by Gasteiger charge is 2.14. The van der Waals surface area contributed by atoms with Crippen molar-refractivity contribution in [1.82, 2.24) is 4.90 Å². The van der Waals surface area contributed by atoms with Crippen molar-refractivity contribution in [3.05, 3.63) is 53.1 Å². The van der Waals surface area contributed by atoms with E-state index in [9.17, 15) is 9.59 Å². The monoisotopic (exact) mass is 384 g/mol. The van der Waals surface area contributed by atoms with Crippen molar-refractivity contribution < 1.29 is 19.1 Å². The normalized spacial score (nSPS) is 10.3. The Morgan fingerprint density at radius 1 is 0.964 bits per heavy atom. The quantitative estimate of drug-likeness (QED) is 0.754. The lowest BCUT2D eigenvalue weighted by molar-refractivity contribution is -0.129. The molecule has 0 saturated heterocycles. The molecule has 0 aliphatic heterocycles. The molecule has 0 aliphatic carbocycles. The summed E-state index contributed by atoms with van der Waals surface area (Å²) < 4.78 is 10.5. The van der Waals surface area contributed by atoms with Gasteiger partial charge >= 0.3 is 0 Å². The number of nitrogens with one attached hydrogen (secondary N) is 1. The zero-order valence-corrected chi connectivity index (χ0v) is 17.2. The maximum absolute atomic E-state index is 12.3. The first-order chi connectivity index (χ1) is 13.3. The van der Waals surface area contributed by atoms with Gasteiger partial charge < -0.3 is 19.7 Å². The fourth-order valence-corrected chi connectivity index (χ4v) is 3.05. The first-order valence-corrected chi connectivity index (χ1v) is 9.17. The van der Waals surface area contributed by atoms with E-state index < -0.39 is 0 Å². The predicted octanol–water partition coefficient (Wildman–Crippen LogP) is 3.70. The van der Waals surface area contributed by atoms with E-state index in [4.69, 9.17) is 9.47 Å². The smallest absolute Gasteiger partial charge is 0.226 e. The molecule has 0 bridgehead atoms. The second-order valence-corrected chi connectivity index (χ2v) is 6.80. The van der Waals surface area contributed by atoms with E-state index in [0.717, 1.165) is 22.4 Å². The van der Waals surface area contributed by atoms with Gasteiger partial charge in [0.2, 0.25) is 11.8 Å². The first kappa shape index (κ1) is 21.3. The Balaban J connectivity index is 1.99. The van der Waals surface area contributed by atoms with Gasteiger partial charge in [-0.15, -0.1) is 0 Å². The lowest BCUT2D eigenvalue weighted by atomic mass is 10.1. The Hall–Kier alpha value is -3.02. The Kier molecular flexibility index (Phi) is 7.44. The molecule has 150 valence electrons. The molecule has 0 atom stereocenters. The summed E-state index contributed by atoms with van der Waals surface area (Å²) in [6.45, 7) is 6.21. The largest absolute Gasteiger partial charge is 0.493 e. The van der Waals surface area contributed by atoms with E-state index >= 15 is 0 Å². The summed E-state index contributed by atoms with van der Waals surface area (Å²) in [5.41, 5.74) is 3.86.